The van der Waals surface area contributed by atoms with Gasteiger partial charge < -0.3 is 5.32 Å². The first-order chi connectivity index (χ1) is 9.08. The monoisotopic (exact) mass is 266 g/mol. The van der Waals surface area contributed by atoms with Gasteiger partial charge in [0.25, 0.3) is 5.91 Å². The molecule has 0 atom stereocenters. The zero-order valence-electron chi connectivity index (χ0n) is 9.66. The van der Waals surface area contributed by atoms with Crippen molar-refractivity contribution in [3.8, 4) is 0 Å². The second-order valence-corrected chi connectivity index (χ2v) is 3.80. The Hall–Kier alpha value is -2.37. The zero-order chi connectivity index (χ0) is 13.8. The minimum atomic E-state index is -1.53. The molecule has 3 nitrogen and oxygen atoms in total. The maximum Gasteiger partial charge on any atom is 0.253 e. The summed E-state index contributed by atoms with van der Waals surface area (Å²) >= 11 is 0. The van der Waals surface area contributed by atoms with Gasteiger partial charge in [0, 0.05) is 18.9 Å². The number of carbonyl (C=O) groups is 1. The van der Waals surface area contributed by atoms with Crippen molar-refractivity contribution in [3.05, 3.63) is 65.2 Å². The maximum absolute atomic E-state index is 12.9. The molecule has 0 fully saturated rings. The molecule has 19 heavy (non-hydrogen) atoms. The highest BCUT2D eigenvalue weighted by molar-refractivity contribution is 5.93. The molecule has 0 unspecified atom stereocenters. The summed E-state index contributed by atoms with van der Waals surface area (Å²) in [7, 11) is 0. The lowest BCUT2D eigenvalue weighted by atomic mass is 10.2. The van der Waals surface area contributed by atoms with E-state index in [4.69, 9.17) is 0 Å². The molecule has 0 aliphatic carbocycles. The van der Waals surface area contributed by atoms with E-state index in [9.17, 15) is 18.0 Å². The lowest BCUT2D eigenvalue weighted by Gasteiger charge is -2.06. The first kappa shape index (κ1) is 13.1. The number of rotatable bonds is 3. The van der Waals surface area contributed by atoms with Crippen LogP contribution in [-0.4, -0.2) is 10.9 Å². The number of nitrogens with one attached hydrogen (secondary N) is 1. The van der Waals surface area contributed by atoms with E-state index in [0.717, 1.165) is 12.1 Å². The van der Waals surface area contributed by atoms with Gasteiger partial charge in [-0.3, -0.25) is 9.78 Å². The number of amides is 1. The van der Waals surface area contributed by atoms with Crippen LogP contribution in [0.1, 0.15) is 15.9 Å². The van der Waals surface area contributed by atoms with Gasteiger partial charge in [0.05, 0.1) is 5.56 Å². The molecule has 0 radical (unpaired) electrons. The lowest BCUT2D eigenvalue weighted by Crippen LogP contribution is -2.23. The van der Waals surface area contributed by atoms with Crippen LogP contribution < -0.4 is 5.32 Å². The standard InChI is InChI=1S/C13H9F3N2O/c14-10-4-8(5-11(15)12(10)16)6-18-13(19)9-2-1-3-17-7-9/h1-5,7H,6H2,(H,18,19). The topological polar surface area (TPSA) is 42.0 Å². The fraction of sp³-hybridized carbons (Fsp3) is 0.0769. The average molecular weight is 266 g/mol. The molecule has 6 heteroatoms. The number of benzene rings is 1. The minimum Gasteiger partial charge on any atom is -0.348 e. The van der Waals surface area contributed by atoms with Crippen LogP contribution in [0.5, 0.6) is 0 Å². The number of hydrogen-bond acceptors (Lipinski definition) is 2. The van der Waals surface area contributed by atoms with Gasteiger partial charge in [0.1, 0.15) is 0 Å². The molecule has 0 spiro atoms. The smallest absolute Gasteiger partial charge is 0.253 e. The molecule has 2 rings (SSSR count). The molecule has 1 amide bonds. The van der Waals surface area contributed by atoms with Crippen LogP contribution in [0.4, 0.5) is 13.2 Å². The third kappa shape index (κ3) is 3.09. The number of pyridine rings is 1. The molecule has 0 saturated carbocycles. The molecule has 0 aliphatic heterocycles. The van der Waals surface area contributed by atoms with E-state index < -0.39 is 23.4 Å². The third-order valence-corrected chi connectivity index (χ3v) is 2.42. The second-order valence-electron chi connectivity index (χ2n) is 3.80. The Bertz CT molecular complexity index is 579. The van der Waals surface area contributed by atoms with Gasteiger partial charge in [-0.2, -0.15) is 0 Å². The molecular formula is C13H9F3N2O. The molecule has 1 aromatic heterocycles. The molecule has 0 saturated heterocycles. The number of hydrogen-bond donors (Lipinski definition) is 1. The highest BCUT2D eigenvalue weighted by atomic mass is 19.2. The SMILES string of the molecule is O=C(NCc1cc(F)c(F)c(F)c1)c1cccnc1. The Morgan fingerprint density at radius 2 is 1.89 bits per heavy atom. The molecule has 98 valence electrons. The molecule has 0 bridgehead atoms. The Labute approximate surface area is 107 Å². The van der Waals surface area contributed by atoms with Crippen molar-refractivity contribution in [2.24, 2.45) is 0 Å². The van der Waals surface area contributed by atoms with Gasteiger partial charge in [0.15, 0.2) is 17.5 Å². The minimum absolute atomic E-state index is 0.109. The Kier molecular flexibility index (Phi) is 3.79. The van der Waals surface area contributed by atoms with E-state index in [2.05, 4.69) is 10.3 Å². The largest absolute Gasteiger partial charge is 0.348 e. The number of carbonyl (C=O) groups excluding carboxylic acids is 1. The molecule has 2 aromatic rings. The van der Waals surface area contributed by atoms with Crippen LogP contribution in [0.25, 0.3) is 0 Å². The number of aromatic nitrogens is 1. The summed E-state index contributed by atoms with van der Waals surface area (Å²) < 4.78 is 38.6. The van der Waals surface area contributed by atoms with E-state index in [-0.39, 0.29) is 12.1 Å². The van der Waals surface area contributed by atoms with Crippen LogP contribution in [0, 0.1) is 17.5 Å². The van der Waals surface area contributed by atoms with Gasteiger partial charge in [-0.05, 0) is 29.8 Å². The van der Waals surface area contributed by atoms with Gasteiger partial charge in [-0.25, -0.2) is 13.2 Å². The van der Waals surface area contributed by atoms with Crippen molar-refractivity contribution >= 4 is 5.91 Å². The quantitative estimate of drug-likeness (QED) is 0.867. The molecule has 1 heterocycles. The second kappa shape index (κ2) is 5.51. The summed E-state index contributed by atoms with van der Waals surface area (Å²) in [6.07, 6.45) is 2.88. The fourth-order valence-electron chi connectivity index (χ4n) is 1.49. The highest BCUT2D eigenvalue weighted by Crippen LogP contribution is 2.13. The van der Waals surface area contributed by atoms with Crippen LogP contribution >= 0.6 is 0 Å². The van der Waals surface area contributed by atoms with Crippen molar-refractivity contribution in [1.29, 1.82) is 0 Å². The summed E-state index contributed by atoms with van der Waals surface area (Å²) in [4.78, 5) is 15.4. The molecule has 1 aromatic carbocycles. The Morgan fingerprint density at radius 3 is 2.47 bits per heavy atom. The predicted octanol–water partition coefficient (Wildman–Crippen LogP) is 2.43. The lowest BCUT2D eigenvalue weighted by molar-refractivity contribution is 0.0950. The van der Waals surface area contributed by atoms with Crippen molar-refractivity contribution in [2.45, 2.75) is 6.54 Å². The number of halogens is 3. The van der Waals surface area contributed by atoms with Crippen LogP contribution in [0.15, 0.2) is 36.7 Å². The van der Waals surface area contributed by atoms with E-state index >= 15 is 0 Å². The third-order valence-electron chi connectivity index (χ3n) is 2.42. The molecule has 1 N–H and O–H groups in total. The average Bonchev–Trinajstić information content (AvgIpc) is 2.43. The summed E-state index contributed by atoms with van der Waals surface area (Å²) in [5, 5.41) is 2.45. The Balaban J connectivity index is 2.05. The van der Waals surface area contributed by atoms with E-state index in [1.54, 1.807) is 12.1 Å². The van der Waals surface area contributed by atoms with Gasteiger partial charge in [0.2, 0.25) is 0 Å². The number of nitrogens with zero attached hydrogens (tertiary/aromatic N) is 1. The van der Waals surface area contributed by atoms with Crippen molar-refractivity contribution in [1.82, 2.24) is 10.3 Å². The van der Waals surface area contributed by atoms with Gasteiger partial charge >= 0.3 is 0 Å². The fourth-order valence-corrected chi connectivity index (χ4v) is 1.49. The first-order valence-electron chi connectivity index (χ1n) is 5.39. The molecule has 0 aliphatic rings. The van der Waals surface area contributed by atoms with Crippen LogP contribution in [-0.2, 0) is 6.54 Å². The Morgan fingerprint density at radius 1 is 1.21 bits per heavy atom. The first-order valence-corrected chi connectivity index (χ1v) is 5.39. The van der Waals surface area contributed by atoms with Crippen LogP contribution in [0.2, 0.25) is 0 Å². The van der Waals surface area contributed by atoms with Crippen molar-refractivity contribution < 1.29 is 18.0 Å². The molecular weight excluding hydrogens is 257 g/mol. The van der Waals surface area contributed by atoms with E-state index in [1.807, 2.05) is 0 Å². The predicted molar refractivity (Wildman–Crippen MR) is 61.7 cm³/mol. The summed E-state index contributed by atoms with van der Waals surface area (Å²) in [6, 6.07) is 4.81. The summed E-state index contributed by atoms with van der Waals surface area (Å²) in [5.41, 5.74) is 0.458. The zero-order valence-corrected chi connectivity index (χ0v) is 9.66. The van der Waals surface area contributed by atoms with Gasteiger partial charge in [-0.1, -0.05) is 0 Å². The summed E-state index contributed by atoms with van der Waals surface area (Å²) in [6.45, 7) is -0.109. The van der Waals surface area contributed by atoms with E-state index in [1.165, 1.54) is 12.4 Å². The van der Waals surface area contributed by atoms with Crippen molar-refractivity contribution in [2.75, 3.05) is 0 Å². The van der Waals surface area contributed by atoms with Gasteiger partial charge in [-0.15, -0.1) is 0 Å². The normalized spacial score (nSPS) is 10.3. The highest BCUT2D eigenvalue weighted by Gasteiger charge is 2.11. The van der Waals surface area contributed by atoms with Crippen LogP contribution in [0.3, 0.4) is 0 Å². The van der Waals surface area contributed by atoms with Crippen molar-refractivity contribution in [3.63, 3.8) is 0 Å². The van der Waals surface area contributed by atoms with E-state index in [0.29, 0.717) is 5.56 Å². The summed E-state index contributed by atoms with van der Waals surface area (Å²) in [5.74, 6) is -4.53. The maximum atomic E-state index is 12.9.